The number of hydrogen-bond acceptors (Lipinski definition) is 2. The second kappa shape index (κ2) is 5.89. The van der Waals surface area contributed by atoms with Gasteiger partial charge < -0.3 is 0 Å². The van der Waals surface area contributed by atoms with E-state index in [-0.39, 0.29) is 0 Å². The van der Waals surface area contributed by atoms with Crippen molar-refractivity contribution in [2.75, 3.05) is 5.75 Å². The molecule has 2 aliphatic rings. The summed E-state index contributed by atoms with van der Waals surface area (Å²) < 4.78 is 0. The minimum atomic E-state index is 1.11. The van der Waals surface area contributed by atoms with E-state index >= 15 is 0 Å². The van der Waals surface area contributed by atoms with Gasteiger partial charge in [-0.3, -0.25) is 0 Å². The summed E-state index contributed by atoms with van der Waals surface area (Å²) in [6.45, 7) is 0. The van der Waals surface area contributed by atoms with Gasteiger partial charge in [-0.15, -0.1) is 0 Å². The lowest BCUT2D eigenvalue weighted by atomic mass is 10.2. The Bertz CT molecular complexity index is 355. The van der Waals surface area contributed by atoms with Crippen molar-refractivity contribution in [3.63, 3.8) is 0 Å². The van der Waals surface area contributed by atoms with Crippen molar-refractivity contribution < 1.29 is 0 Å². The Labute approximate surface area is 98.6 Å². The van der Waals surface area contributed by atoms with Crippen LogP contribution in [-0.2, 0) is 0 Å². The number of rotatable bonds is 0. The Kier molecular flexibility index (Phi) is 4.18. The molecule has 0 aromatic carbocycles. The quantitative estimate of drug-likeness (QED) is 0.567. The van der Waals surface area contributed by atoms with E-state index in [2.05, 4.69) is 36.5 Å². The van der Waals surface area contributed by atoms with Crippen molar-refractivity contribution in [3.05, 3.63) is 71.2 Å². The molecule has 1 aliphatic heterocycles. The van der Waals surface area contributed by atoms with Crippen LogP contribution in [-0.4, -0.2) is 5.75 Å². The normalized spacial score (nSPS) is 35.7. The molecule has 0 amide bonds. The summed E-state index contributed by atoms with van der Waals surface area (Å²) in [7, 11) is 3.76. The summed E-state index contributed by atoms with van der Waals surface area (Å²) in [5, 5.41) is 0. The van der Waals surface area contributed by atoms with E-state index in [1.165, 1.54) is 10.5 Å². The SMILES string of the molecule is C1=C\C=C/C=C2/CSS/C2=C/C=C\C=C/1. The molecule has 0 nitrogen and oxygen atoms in total. The van der Waals surface area contributed by atoms with Crippen LogP contribution in [0.25, 0.3) is 0 Å². The minimum Gasteiger partial charge on any atom is -0.0841 e. The molecule has 1 fully saturated rings. The summed E-state index contributed by atoms with van der Waals surface area (Å²) in [6.07, 6.45) is 20.8. The fraction of sp³-hybridized carbons (Fsp3) is 0.0769. The highest BCUT2D eigenvalue weighted by Gasteiger charge is 2.13. The van der Waals surface area contributed by atoms with Gasteiger partial charge in [-0.05, 0) is 11.6 Å². The molecule has 0 bridgehead atoms. The Morgan fingerprint density at radius 2 is 1.33 bits per heavy atom. The van der Waals surface area contributed by atoms with Crippen molar-refractivity contribution in [2.45, 2.75) is 0 Å². The van der Waals surface area contributed by atoms with Crippen LogP contribution in [0.4, 0.5) is 0 Å². The first kappa shape index (κ1) is 10.7. The molecule has 1 aliphatic carbocycles. The maximum atomic E-state index is 2.20. The van der Waals surface area contributed by atoms with E-state index < -0.39 is 0 Å². The fourth-order valence-corrected chi connectivity index (χ4v) is 3.71. The van der Waals surface area contributed by atoms with Crippen molar-refractivity contribution >= 4 is 21.6 Å². The van der Waals surface area contributed by atoms with Crippen molar-refractivity contribution in [1.29, 1.82) is 0 Å². The van der Waals surface area contributed by atoms with Gasteiger partial charge in [0.25, 0.3) is 0 Å². The smallest absolute Gasteiger partial charge is 0.0303 e. The Morgan fingerprint density at radius 1 is 0.733 bits per heavy atom. The van der Waals surface area contributed by atoms with E-state index in [4.69, 9.17) is 0 Å². The van der Waals surface area contributed by atoms with Gasteiger partial charge in [0.15, 0.2) is 0 Å². The number of fused-ring (bicyclic) bond motifs is 1. The average molecular weight is 232 g/mol. The molecule has 0 aromatic rings. The van der Waals surface area contributed by atoms with Gasteiger partial charge in [0, 0.05) is 10.7 Å². The van der Waals surface area contributed by atoms with Crippen LogP contribution in [0.15, 0.2) is 71.2 Å². The molecule has 0 saturated carbocycles. The first-order chi connectivity index (χ1) is 7.47. The van der Waals surface area contributed by atoms with E-state index in [0.29, 0.717) is 0 Å². The predicted octanol–water partition coefficient (Wildman–Crippen LogP) is 4.43. The largest absolute Gasteiger partial charge is 0.0841 e. The molecule has 76 valence electrons. The van der Waals surface area contributed by atoms with Crippen LogP contribution in [0, 0.1) is 0 Å². The van der Waals surface area contributed by atoms with Crippen LogP contribution in [0.1, 0.15) is 0 Å². The highest BCUT2D eigenvalue weighted by atomic mass is 33.1. The minimum absolute atomic E-state index is 1.11. The lowest BCUT2D eigenvalue weighted by Crippen LogP contribution is -1.79. The standard InChI is InChI=1S/C13H12S2/c1-2-4-6-8-10-13-12(11-14-15-13)9-7-5-3-1/h1-10H,11H2/b2-1?,3-1-,4-2-,5-3?,6-4?,7-5-,8-6-,9-7?,10-8?,12-9-,13-10+. The third kappa shape index (κ3) is 3.33. The van der Waals surface area contributed by atoms with Crippen molar-refractivity contribution in [3.8, 4) is 0 Å². The molecular formula is C13H12S2. The molecular weight excluding hydrogens is 220 g/mol. The molecule has 0 N–H and O–H groups in total. The van der Waals surface area contributed by atoms with Crippen molar-refractivity contribution in [1.82, 2.24) is 0 Å². The second-order valence-corrected chi connectivity index (χ2v) is 5.45. The molecule has 15 heavy (non-hydrogen) atoms. The van der Waals surface area contributed by atoms with Crippen LogP contribution >= 0.6 is 21.6 Å². The van der Waals surface area contributed by atoms with Crippen LogP contribution in [0.2, 0.25) is 0 Å². The van der Waals surface area contributed by atoms with E-state index in [0.717, 1.165) is 5.75 Å². The van der Waals surface area contributed by atoms with Gasteiger partial charge in [0.2, 0.25) is 0 Å². The van der Waals surface area contributed by atoms with Gasteiger partial charge in [-0.1, -0.05) is 76.3 Å². The van der Waals surface area contributed by atoms with Gasteiger partial charge >= 0.3 is 0 Å². The molecule has 0 spiro atoms. The van der Waals surface area contributed by atoms with Crippen LogP contribution < -0.4 is 0 Å². The van der Waals surface area contributed by atoms with Crippen molar-refractivity contribution in [2.24, 2.45) is 0 Å². The second-order valence-electron chi connectivity index (χ2n) is 3.11. The summed E-state index contributed by atoms with van der Waals surface area (Å²) in [6, 6.07) is 0. The molecule has 1 saturated heterocycles. The summed E-state index contributed by atoms with van der Waals surface area (Å²) in [5.41, 5.74) is 1.42. The van der Waals surface area contributed by atoms with Gasteiger partial charge in [0.1, 0.15) is 0 Å². The van der Waals surface area contributed by atoms with Crippen LogP contribution in [0.5, 0.6) is 0 Å². The number of hydrogen-bond donors (Lipinski definition) is 0. The highest BCUT2D eigenvalue weighted by Crippen LogP contribution is 2.44. The molecule has 0 aromatic heterocycles. The third-order valence-corrected chi connectivity index (χ3v) is 4.37. The Hall–Kier alpha value is -0.860. The first-order valence-corrected chi connectivity index (χ1v) is 7.16. The topological polar surface area (TPSA) is 0 Å². The molecule has 2 heteroatoms. The lowest BCUT2D eigenvalue weighted by Gasteiger charge is -1.94. The zero-order chi connectivity index (χ0) is 10.3. The van der Waals surface area contributed by atoms with E-state index in [1.807, 2.05) is 45.9 Å². The monoisotopic (exact) mass is 232 g/mol. The summed E-state index contributed by atoms with van der Waals surface area (Å²) in [5.74, 6) is 1.11. The Balaban J connectivity index is 2.27. The molecule has 0 atom stereocenters. The summed E-state index contributed by atoms with van der Waals surface area (Å²) in [4.78, 5) is 1.37. The first-order valence-electron chi connectivity index (χ1n) is 4.84. The highest BCUT2D eigenvalue weighted by molar-refractivity contribution is 8.78. The lowest BCUT2D eigenvalue weighted by molar-refractivity contribution is 1.53. The van der Waals surface area contributed by atoms with Gasteiger partial charge in [-0.25, -0.2) is 0 Å². The maximum Gasteiger partial charge on any atom is 0.0303 e. The van der Waals surface area contributed by atoms with E-state index in [9.17, 15) is 0 Å². The molecule has 0 unspecified atom stereocenters. The molecule has 0 radical (unpaired) electrons. The molecule has 2 rings (SSSR count). The van der Waals surface area contributed by atoms with Gasteiger partial charge in [-0.2, -0.15) is 0 Å². The maximum absolute atomic E-state index is 2.20. The average Bonchev–Trinajstić information content (AvgIpc) is 2.65. The predicted molar refractivity (Wildman–Crippen MR) is 72.8 cm³/mol. The zero-order valence-electron chi connectivity index (χ0n) is 8.30. The zero-order valence-corrected chi connectivity index (χ0v) is 9.93. The van der Waals surface area contributed by atoms with Gasteiger partial charge in [0.05, 0.1) is 0 Å². The van der Waals surface area contributed by atoms with E-state index in [1.54, 1.807) is 0 Å². The molecule has 1 heterocycles. The third-order valence-electron chi connectivity index (χ3n) is 2.00. The number of allylic oxidation sites excluding steroid dienone is 11. The fourth-order valence-electron chi connectivity index (χ4n) is 1.25. The van der Waals surface area contributed by atoms with Crippen LogP contribution in [0.3, 0.4) is 0 Å². The Morgan fingerprint density at radius 3 is 2.07 bits per heavy atom. The summed E-state index contributed by atoms with van der Waals surface area (Å²) >= 11 is 0.